The molecular formula is C16H14F3NS2. The van der Waals surface area contributed by atoms with Crippen LogP contribution in [0.4, 0.5) is 13.2 Å². The maximum absolute atomic E-state index is 13.5. The van der Waals surface area contributed by atoms with E-state index in [1.165, 1.54) is 22.7 Å². The smallest absolute Gasteiger partial charge is 0.314 e. The number of thiophene rings is 2. The lowest BCUT2D eigenvalue weighted by atomic mass is 9.96. The van der Waals surface area contributed by atoms with Crippen LogP contribution in [0, 0.1) is 0 Å². The van der Waals surface area contributed by atoms with Gasteiger partial charge in [0.05, 0.1) is 5.56 Å². The normalized spacial score (nSPS) is 19.5. The van der Waals surface area contributed by atoms with E-state index >= 15 is 0 Å². The fraction of sp³-hybridized carbons (Fsp3) is 0.375. The predicted molar refractivity (Wildman–Crippen MR) is 86.9 cm³/mol. The average Bonchev–Trinajstić information content (AvgIpc) is 3.17. The summed E-state index contributed by atoms with van der Waals surface area (Å²) < 4.78 is 41.8. The second-order valence-corrected chi connectivity index (χ2v) is 7.51. The number of alkyl halides is 3. The Bertz CT molecular complexity index is 773. The molecule has 6 heteroatoms. The lowest BCUT2D eigenvalue weighted by Crippen LogP contribution is -2.23. The number of benzene rings is 1. The van der Waals surface area contributed by atoms with Gasteiger partial charge in [0, 0.05) is 20.8 Å². The first-order chi connectivity index (χ1) is 10.6. The zero-order valence-electron chi connectivity index (χ0n) is 11.7. The largest absolute Gasteiger partial charge is 0.418 e. The molecule has 0 amide bonds. The standard InChI is InChI=1S/C16H14F3NS2/c17-16(18,19)13-11-4-7-21-14(11)12(8-9-2-1-5-20-9)10-3-6-22-15(10)13/h3-4,6-7,9,20H,1-2,5,8H2/t9-/m1/s1. The molecular weight excluding hydrogens is 327 g/mol. The molecule has 3 heterocycles. The SMILES string of the molecule is FC(F)(F)c1c2ccsc2c(C[C@H]2CCCN2)c2ccsc12. The van der Waals surface area contributed by atoms with E-state index in [0.717, 1.165) is 41.5 Å². The first-order valence-corrected chi connectivity index (χ1v) is 9.01. The van der Waals surface area contributed by atoms with E-state index in [1.54, 1.807) is 16.8 Å². The summed E-state index contributed by atoms with van der Waals surface area (Å²) in [4.78, 5) is 0. The van der Waals surface area contributed by atoms with Crippen molar-refractivity contribution in [3.8, 4) is 0 Å². The van der Waals surface area contributed by atoms with Crippen molar-refractivity contribution < 1.29 is 13.2 Å². The number of fused-ring (bicyclic) bond motifs is 2. The maximum Gasteiger partial charge on any atom is 0.418 e. The van der Waals surface area contributed by atoms with Crippen molar-refractivity contribution in [2.75, 3.05) is 6.54 Å². The van der Waals surface area contributed by atoms with E-state index in [4.69, 9.17) is 0 Å². The average molecular weight is 341 g/mol. The van der Waals surface area contributed by atoms with Crippen LogP contribution >= 0.6 is 22.7 Å². The molecule has 3 aromatic rings. The van der Waals surface area contributed by atoms with Crippen LogP contribution < -0.4 is 5.32 Å². The molecule has 1 saturated heterocycles. The Hall–Kier alpha value is -1.11. The lowest BCUT2D eigenvalue weighted by molar-refractivity contribution is -0.134. The molecule has 1 aliphatic rings. The van der Waals surface area contributed by atoms with Gasteiger partial charge in [-0.25, -0.2) is 0 Å². The zero-order chi connectivity index (χ0) is 15.3. The monoisotopic (exact) mass is 341 g/mol. The van der Waals surface area contributed by atoms with Crippen molar-refractivity contribution in [2.45, 2.75) is 31.5 Å². The van der Waals surface area contributed by atoms with Crippen molar-refractivity contribution in [2.24, 2.45) is 0 Å². The highest BCUT2D eigenvalue weighted by Crippen LogP contribution is 2.46. The topological polar surface area (TPSA) is 12.0 Å². The summed E-state index contributed by atoms with van der Waals surface area (Å²) >= 11 is 2.62. The van der Waals surface area contributed by atoms with Crippen molar-refractivity contribution in [1.82, 2.24) is 5.32 Å². The first-order valence-electron chi connectivity index (χ1n) is 7.25. The molecule has 22 heavy (non-hydrogen) atoms. The van der Waals surface area contributed by atoms with Crippen LogP contribution in [0.2, 0.25) is 0 Å². The minimum atomic E-state index is -4.31. The van der Waals surface area contributed by atoms with Gasteiger partial charge in [-0.3, -0.25) is 0 Å². The van der Waals surface area contributed by atoms with Gasteiger partial charge in [0.15, 0.2) is 0 Å². The first kappa shape index (κ1) is 14.5. The van der Waals surface area contributed by atoms with Crippen molar-refractivity contribution in [3.63, 3.8) is 0 Å². The van der Waals surface area contributed by atoms with Gasteiger partial charge in [-0.1, -0.05) is 0 Å². The molecule has 0 bridgehead atoms. The number of hydrogen-bond donors (Lipinski definition) is 1. The Morgan fingerprint density at radius 1 is 1.09 bits per heavy atom. The maximum atomic E-state index is 13.5. The molecule has 2 aromatic heterocycles. The molecule has 1 aliphatic heterocycles. The second kappa shape index (κ2) is 5.22. The molecule has 0 spiro atoms. The van der Waals surface area contributed by atoms with Gasteiger partial charge in [-0.05, 0) is 59.6 Å². The molecule has 1 nitrogen and oxygen atoms in total. The summed E-state index contributed by atoms with van der Waals surface area (Å²) in [5.41, 5.74) is 0.616. The molecule has 0 unspecified atom stereocenters. The fourth-order valence-corrected chi connectivity index (χ4v) is 5.36. The minimum absolute atomic E-state index is 0.362. The van der Waals surface area contributed by atoms with Gasteiger partial charge in [-0.15, -0.1) is 22.7 Å². The molecule has 4 rings (SSSR count). The van der Waals surface area contributed by atoms with Gasteiger partial charge in [0.2, 0.25) is 0 Å². The molecule has 1 atom stereocenters. The Morgan fingerprint density at radius 3 is 2.50 bits per heavy atom. The lowest BCUT2D eigenvalue weighted by Gasteiger charge is -2.16. The number of rotatable bonds is 2. The van der Waals surface area contributed by atoms with Crippen molar-refractivity contribution >= 4 is 42.8 Å². The van der Waals surface area contributed by atoms with Gasteiger partial charge in [0.25, 0.3) is 0 Å². The highest BCUT2D eigenvalue weighted by atomic mass is 32.1. The van der Waals surface area contributed by atoms with Crippen LogP contribution in [0.3, 0.4) is 0 Å². The number of halogens is 3. The summed E-state index contributed by atoms with van der Waals surface area (Å²) in [7, 11) is 0. The van der Waals surface area contributed by atoms with Crippen LogP contribution in [-0.2, 0) is 12.6 Å². The number of hydrogen-bond acceptors (Lipinski definition) is 3. The van der Waals surface area contributed by atoms with E-state index in [1.807, 2.05) is 6.07 Å². The third kappa shape index (κ3) is 2.25. The van der Waals surface area contributed by atoms with Crippen LogP contribution in [0.5, 0.6) is 0 Å². The summed E-state index contributed by atoms with van der Waals surface area (Å²) in [5, 5.41) is 8.14. The summed E-state index contributed by atoms with van der Waals surface area (Å²) in [6.45, 7) is 1.01. The van der Waals surface area contributed by atoms with E-state index in [2.05, 4.69) is 5.32 Å². The molecule has 0 aliphatic carbocycles. The highest BCUT2D eigenvalue weighted by Gasteiger charge is 2.36. The minimum Gasteiger partial charge on any atom is -0.314 e. The van der Waals surface area contributed by atoms with E-state index in [9.17, 15) is 13.2 Å². The fourth-order valence-electron chi connectivity index (χ4n) is 3.39. The van der Waals surface area contributed by atoms with Crippen molar-refractivity contribution in [1.29, 1.82) is 0 Å². The molecule has 0 saturated carbocycles. The van der Waals surface area contributed by atoms with Crippen molar-refractivity contribution in [3.05, 3.63) is 34.0 Å². The molecule has 0 radical (unpaired) electrons. The molecule has 1 aromatic carbocycles. The highest BCUT2D eigenvalue weighted by molar-refractivity contribution is 7.19. The molecule has 1 N–H and O–H groups in total. The van der Waals surface area contributed by atoms with Crippen LogP contribution in [0.1, 0.15) is 24.0 Å². The van der Waals surface area contributed by atoms with E-state index in [-0.39, 0.29) is 0 Å². The van der Waals surface area contributed by atoms with Gasteiger partial charge >= 0.3 is 6.18 Å². The van der Waals surface area contributed by atoms with E-state index < -0.39 is 11.7 Å². The summed E-state index contributed by atoms with van der Waals surface area (Å²) in [6.07, 6.45) is -1.26. The quantitative estimate of drug-likeness (QED) is 0.655. The van der Waals surface area contributed by atoms with E-state index in [0.29, 0.717) is 16.1 Å². The summed E-state index contributed by atoms with van der Waals surface area (Å²) in [6, 6.07) is 3.84. The van der Waals surface area contributed by atoms with Crippen LogP contribution in [-0.4, -0.2) is 12.6 Å². The van der Waals surface area contributed by atoms with Gasteiger partial charge in [-0.2, -0.15) is 13.2 Å². The second-order valence-electron chi connectivity index (χ2n) is 5.68. The third-order valence-corrected chi connectivity index (χ3v) is 6.23. The van der Waals surface area contributed by atoms with Crippen LogP contribution in [0.15, 0.2) is 22.9 Å². The van der Waals surface area contributed by atoms with Gasteiger partial charge < -0.3 is 5.32 Å². The Balaban J connectivity index is 1.99. The Labute approximate surface area is 133 Å². The third-order valence-electron chi connectivity index (χ3n) is 4.32. The Morgan fingerprint density at radius 2 is 1.82 bits per heavy atom. The summed E-state index contributed by atoms with van der Waals surface area (Å²) in [5.74, 6) is 0. The molecule has 116 valence electrons. The number of nitrogens with one attached hydrogen (secondary N) is 1. The van der Waals surface area contributed by atoms with Crippen LogP contribution in [0.25, 0.3) is 20.2 Å². The Kier molecular flexibility index (Phi) is 3.43. The zero-order valence-corrected chi connectivity index (χ0v) is 13.3. The van der Waals surface area contributed by atoms with Gasteiger partial charge in [0.1, 0.15) is 0 Å². The molecule has 1 fully saturated rings. The predicted octanol–water partition coefficient (Wildman–Crippen LogP) is 5.43.